The van der Waals surface area contributed by atoms with Crippen molar-refractivity contribution in [2.45, 2.75) is 6.54 Å². The Morgan fingerprint density at radius 1 is 1.39 bits per heavy atom. The molecule has 0 aliphatic heterocycles. The lowest BCUT2D eigenvalue weighted by molar-refractivity contribution is 0.0940. The summed E-state index contributed by atoms with van der Waals surface area (Å²) >= 11 is 1.55. The van der Waals surface area contributed by atoms with Crippen molar-refractivity contribution >= 4 is 27.5 Å². The van der Waals surface area contributed by atoms with E-state index < -0.39 is 0 Å². The van der Waals surface area contributed by atoms with Crippen LogP contribution in [0.1, 0.15) is 15.6 Å². The predicted molar refractivity (Wildman–Crippen MR) is 65.0 cm³/mol. The number of para-hydroxylation sites is 1. The van der Waals surface area contributed by atoms with Crippen molar-refractivity contribution in [2.75, 3.05) is 0 Å². The first-order valence-corrected chi connectivity index (χ1v) is 6.00. The Hall–Kier alpha value is -2.35. The molecule has 18 heavy (non-hydrogen) atoms. The molecule has 3 aromatic rings. The number of aromatic nitrogens is 5. The molecule has 0 spiro atoms. The number of benzene rings is 1. The van der Waals surface area contributed by atoms with Crippen molar-refractivity contribution in [2.24, 2.45) is 0 Å². The summed E-state index contributed by atoms with van der Waals surface area (Å²) in [4.78, 5) is 16.0. The van der Waals surface area contributed by atoms with Gasteiger partial charge in [0.15, 0.2) is 0 Å². The van der Waals surface area contributed by atoms with Crippen molar-refractivity contribution in [3.8, 4) is 0 Å². The van der Waals surface area contributed by atoms with Crippen LogP contribution in [0.2, 0.25) is 0 Å². The molecule has 2 N–H and O–H groups in total. The van der Waals surface area contributed by atoms with Gasteiger partial charge in [-0.05, 0) is 17.3 Å². The van der Waals surface area contributed by atoms with Gasteiger partial charge in [0.1, 0.15) is 5.01 Å². The molecule has 0 bridgehead atoms. The first-order valence-electron chi connectivity index (χ1n) is 5.19. The zero-order valence-electron chi connectivity index (χ0n) is 9.12. The van der Waals surface area contributed by atoms with Gasteiger partial charge in [0.2, 0.25) is 0 Å². The van der Waals surface area contributed by atoms with Crippen molar-refractivity contribution in [3.63, 3.8) is 0 Å². The standard InChI is InChI=1S/C10H8N6OS/c17-10(9-13-15-16-14-9)11-5-8-12-6-3-1-2-4-7(6)18-8/h1-4H,5H2,(H,11,17)(H,13,14,15,16). The molecule has 3 rings (SSSR count). The Bertz CT molecular complexity index is 644. The van der Waals surface area contributed by atoms with Crippen LogP contribution in [-0.4, -0.2) is 31.5 Å². The molecule has 2 aromatic heterocycles. The first-order chi connectivity index (χ1) is 8.83. The summed E-state index contributed by atoms with van der Waals surface area (Å²) in [5.41, 5.74) is 0.936. The Kier molecular flexibility index (Phi) is 2.69. The summed E-state index contributed by atoms with van der Waals surface area (Å²) in [6.45, 7) is 0.354. The average Bonchev–Trinajstić information content (AvgIpc) is 3.04. The Morgan fingerprint density at radius 2 is 2.28 bits per heavy atom. The minimum atomic E-state index is -0.372. The maximum absolute atomic E-state index is 11.6. The lowest BCUT2D eigenvalue weighted by Gasteiger charge is -1.97. The van der Waals surface area contributed by atoms with E-state index in [0.29, 0.717) is 6.54 Å². The predicted octanol–water partition coefficient (Wildman–Crippen LogP) is 0.739. The number of hydrogen-bond acceptors (Lipinski definition) is 6. The maximum Gasteiger partial charge on any atom is 0.293 e. The molecule has 0 fully saturated rings. The normalized spacial score (nSPS) is 10.7. The van der Waals surface area contributed by atoms with Gasteiger partial charge in [-0.2, -0.15) is 5.21 Å². The van der Waals surface area contributed by atoms with Crippen LogP contribution < -0.4 is 5.32 Å². The molecule has 0 aliphatic carbocycles. The second-order valence-corrected chi connectivity index (χ2v) is 4.61. The molecular formula is C10H8N6OS. The minimum absolute atomic E-state index is 0.0242. The summed E-state index contributed by atoms with van der Waals surface area (Å²) in [5, 5.41) is 16.3. The fourth-order valence-electron chi connectivity index (χ4n) is 1.49. The molecule has 0 radical (unpaired) electrons. The summed E-state index contributed by atoms with van der Waals surface area (Å²) in [5.74, 6) is -0.348. The number of hydrogen-bond donors (Lipinski definition) is 2. The average molecular weight is 260 g/mol. The number of nitrogens with zero attached hydrogens (tertiary/aromatic N) is 4. The molecule has 0 aliphatic rings. The third-order valence-electron chi connectivity index (χ3n) is 2.29. The van der Waals surface area contributed by atoms with Crippen molar-refractivity contribution in [3.05, 3.63) is 35.1 Å². The molecule has 8 heteroatoms. The van der Waals surface area contributed by atoms with Gasteiger partial charge in [-0.25, -0.2) is 4.98 Å². The second-order valence-electron chi connectivity index (χ2n) is 3.49. The van der Waals surface area contributed by atoms with E-state index in [4.69, 9.17) is 0 Å². The fraction of sp³-hybridized carbons (Fsp3) is 0.100. The van der Waals surface area contributed by atoms with Crippen LogP contribution in [0, 0.1) is 0 Å². The number of aromatic amines is 1. The highest BCUT2D eigenvalue weighted by Crippen LogP contribution is 2.21. The molecule has 0 saturated carbocycles. The Morgan fingerprint density at radius 3 is 3.06 bits per heavy atom. The molecule has 7 nitrogen and oxygen atoms in total. The topological polar surface area (TPSA) is 96.5 Å². The molecule has 0 unspecified atom stereocenters. The van der Waals surface area contributed by atoms with Crippen LogP contribution in [0.15, 0.2) is 24.3 Å². The highest BCUT2D eigenvalue weighted by Gasteiger charge is 2.11. The number of fused-ring (bicyclic) bond motifs is 1. The molecular weight excluding hydrogens is 252 g/mol. The van der Waals surface area contributed by atoms with E-state index in [0.717, 1.165) is 15.2 Å². The second kappa shape index (κ2) is 4.49. The van der Waals surface area contributed by atoms with Crippen LogP contribution in [0.5, 0.6) is 0 Å². The highest BCUT2D eigenvalue weighted by molar-refractivity contribution is 7.18. The van der Waals surface area contributed by atoms with Gasteiger partial charge >= 0.3 is 0 Å². The van der Waals surface area contributed by atoms with Crippen LogP contribution in [0.4, 0.5) is 0 Å². The maximum atomic E-state index is 11.6. The number of tetrazole rings is 1. The summed E-state index contributed by atoms with van der Waals surface area (Å²) < 4.78 is 1.10. The van der Waals surface area contributed by atoms with E-state index in [1.54, 1.807) is 11.3 Å². The highest BCUT2D eigenvalue weighted by atomic mass is 32.1. The van der Waals surface area contributed by atoms with Crippen molar-refractivity contribution < 1.29 is 4.79 Å². The van der Waals surface area contributed by atoms with Crippen LogP contribution in [-0.2, 0) is 6.54 Å². The van der Waals surface area contributed by atoms with E-state index in [-0.39, 0.29) is 11.7 Å². The number of nitrogens with one attached hydrogen (secondary N) is 2. The largest absolute Gasteiger partial charge is 0.343 e. The summed E-state index contributed by atoms with van der Waals surface area (Å²) in [6.07, 6.45) is 0. The van der Waals surface area contributed by atoms with Gasteiger partial charge in [-0.1, -0.05) is 12.1 Å². The van der Waals surface area contributed by atoms with Gasteiger partial charge in [0.05, 0.1) is 16.8 Å². The fourth-order valence-corrected chi connectivity index (χ4v) is 2.40. The van der Waals surface area contributed by atoms with E-state index in [1.807, 2.05) is 24.3 Å². The number of amides is 1. The minimum Gasteiger partial charge on any atom is -0.343 e. The SMILES string of the molecule is O=C(NCc1nc2ccccc2s1)c1nn[nH]n1. The smallest absolute Gasteiger partial charge is 0.293 e. The van der Waals surface area contributed by atoms with Crippen LogP contribution in [0.25, 0.3) is 10.2 Å². The van der Waals surface area contributed by atoms with E-state index in [1.165, 1.54) is 0 Å². The first kappa shape index (κ1) is 10.8. The van der Waals surface area contributed by atoms with Crippen molar-refractivity contribution in [1.29, 1.82) is 0 Å². The number of thiazole rings is 1. The van der Waals surface area contributed by atoms with Gasteiger partial charge in [-0.15, -0.1) is 21.5 Å². The number of carbonyl (C=O) groups is 1. The Labute approximate surface area is 105 Å². The van der Waals surface area contributed by atoms with Gasteiger partial charge in [0, 0.05) is 0 Å². The molecule has 2 heterocycles. The molecule has 1 amide bonds. The molecule has 1 aromatic carbocycles. The van der Waals surface area contributed by atoms with E-state index >= 15 is 0 Å². The number of rotatable bonds is 3. The van der Waals surface area contributed by atoms with E-state index in [2.05, 4.69) is 30.9 Å². The third-order valence-corrected chi connectivity index (χ3v) is 3.32. The van der Waals surface area contributed by atoms with Gasteiger partial charge in [0.25, 0.3) is 11.7 Å². The molecule has 0 saturated heterocycles. The summed E-state index contributed by atoms with van der Waals surface area (Å²) in [6, 6.07) is 7.83. The van der Waals surface area contributed by atoms with Gasteiger partial charge in [-0.3, -0.25) is 4.79 Å². The molecule has 0 atom stereocenters. The number of carbonyl (C=O) groups excluding carboxylic acids is 1. The monoisotopic (exact) mass is 260 g/mol. The van der Waals surface area contributed by atoms with Gasteiger partial charge < -0.3 is 5.32 Å². The quantitative estimate of drug-likeness (QED) is 0.724. The van der Waals surface area contributed by atoms with Crippen LogP contribution >= 0.6 is 11.3 Å². The lowest BCUT2D eigenvalue weighted by atomic mass is 10.3. The van der Waals surface area contributed by atoms with Crippen LogP contribution in [0.3, 0.4) is 0 Å². The van der Waals surface area contributed by atoms with E-state index in [9.17, 15) is 4.79 Å². The number of H-pyrrole nitrogens is 1. The van der Waals surface area contributed by atoms with Crippen molar-refractivity contribution in [1.82, 2.24) is 30.9 Å². The Balaban J connectivity index is 1.71. The summed E-state index contributed by atoms with van der Waals surface area (Å²) in [7, 11) is 0. The lowest BCUT2D eigenvalue weighted by Crippen LogP contribution is -2.23. The zero-order valence-corrected chi connectivity index (χ0v) is 9.94. The third kappa shape index (κ3) is 2.05. The molecule has 90 valence electrons. The zero-order chi connectivity index (χ0) is 12.4.